The van der Waals surface area contributed by atoms with E-state index in [0.717, 1.165) is 0 Å². The second-order valence-corrected chi connectivity index (χ2v) is 29.3. The van der Waals surface area contributed by atoms with Crippen LogP contribution in [0.25, 0.3) is 0 Å². The SMILES string of the molecule is CC(C)(C)NCC(O)c1cc(Cl)c(N)c(Cl)c1.CC(C)(C)NCC(O)c1cc(Cl)c(N)c(Cl)c1.CC(C)(C)NCC(O)c1cc(Cl)c(N)c(Cl)c1.CC(C)(C)NCC(O)c1cc(Cl)c(N)c(Cl)c1.CC(C)(C)NCC(O)c1cc(Cl)c(N)c(Cl)c1.Cl.Cl. The minimum atomic E-state index is -0.662. The summed E-state index contributed by atoms with van der Waals surface area (Å²) in [6.45, 7) is 32.6. The monoisotopic (exact) mass is 1450 g/mol. The lowest BCUT2D eigenvalue weighted by atomic mass is 10.1. The minimum absolute atomic E-state index is 0. The van der Waals surface area contributed by atoms with Crippen molar-refractivity contribution in [2.45, 2.75) is 162 Å². The molecule has 5 aromatic carbocycles. The molecule has 496 valence electrons. The molecule has 0 aromatic heterocycles. The Kier molecular flexibility index (Phi) is 38.5. The highest BCUT2D eigenvalue weighted by Crippen LogP contribution is 2.36. The number of β-amino-alcohol motifs (C(OH)–C–C–N with tert-alkyl or cyclic N) is 5. The Morgan fingerprint density at radius 3 is 0.437 bits per heavy atom. The summed E-state index contributed by atoms with van der Waals surface area (Å²) < 4.78 is 0. The van der Waals surface area contributed by atoms with E-state index in [1.807, 2.05) is 104 Å². The molecule has 0 spiro atoms. The summed E-state index contributed by atoms with van der Waals surface area (Å²) in [7, 11) is 0. The first kappa shape index (κ1) is 87.2. The number of halogens is 12. The maximum Gasteiger partial charge on any atom is 0.0915 e. The van der Waals surface area contributed by atoms with Crippen LogP contribution in [0, 0.1) is 0 Å². The van der Waals surface area contributed by atoms with Crippen LogP contribution < -0.4 is 55.3 Å². The van der Waals surface area contributed by atoms with Crippen molar-refractivity contribution in [2.24, 2.45) is 0 Å². The van der Waals surface area contributed by atoms with E-state index in [-0.39, 0.29) is 52.5 Å². The van der Waals surface area contributed by atoms with Crippen LogP contribution in [0.15, 0.2) is 60.7 Å². The van der Waals surface area contributed by atoms with Gasteiger partial charge in [-0.15, -0.1) is 24.8 Å². The highest BCUT2D eigenvalue weighted by molar-refractivity contribution is 6.41. The number of aliphatic hydroxyl groups is 5. The van der Waals surface area contributed by atoms with E-state index in [2.05, 4.69) is 26.6 Å². The molecule has 5 aromatic rings. The number of nitrogens with two attached hydrogens (primary N) is 5. The number of benzene rings is 5. The average Bonchev–Trinajstić information content (AvgIpc) is 3.59. The molecule has 15 nitrogen and oxygen atoms in total. The Morgan fingerprint density at radius 1 is 0.264 bits per heavy atom. The molecule has 5 unspecified atom stereocenters. The second-order valence-electron chi connectivity index (χ2n) is 25.2. The van der Waals surface area contributed by atoms with Crippen molar-refractivity contribution in [3.63, 3.8) is 0 Å². The molecule has 0 bridgehead atoms. The fourth-order valence-corrected chi connectivity index (χ4v) is 9.10. The topological polar surface area (TPSA) is 291 Å². The van der Waals surface area contributed by atoms with Gasteiger partial charge in [-0.25, -0.2) is 0 Å². The normalized spacial score (nSPS) is 13.4. The zero-order valence-electron chi connectivity index (χ0n) is 51.9. The van der Waals surface area contributed by atoms with Gasteiger partial charge in [0.15, 0.2) is 0 Å². The third-order valence-electron chi connectivity index (χ3n) is 11.6. The first-order valence-electron chi connectivity index (χ1n) is 26.9. The molecule has 20 N–H and O–H groups in total. The number of aliphatic hydroxyl groups excluding tert-OH is 5. The quantitative estimate of drug-likeness (QED) is 0.0434. The van der Waals surface area contributed by atoms with Crippen LogP contribution in [0.5, 0.6) is 0 Å². The van der Waals surface area contributed by atoms with Gasteiger partial charge in [0, 0.05) is 60.4 Å². The van der Waals surface area contributed by atoms with Gasteiger partial charge in [0.1, 0.15) is 0 Å². The van der Waals surface area contributed by atoms with Gasteiger partial charge in [0.2, 0.25) is 0 Å². The largest absolute Gasteiger partial charge is 0.396 e. The molecule has 0 heterocycles. The number of nitrogen functional groups attached to an aromatic ring is 5. The zero-order valence-corrected chi connectivity index (χ0v) is 61.1. The summed E-state index contributed by atoms with van der Waals surface area (Å²) in [5.74, 6) is 0. The first-order chi connectivity index (χ1) is 38.5. The number of hydrogen-bond acceptors (Lipinski definition) is 15. The lowest BCUT2D eigenvalue weighted by molar-refractivity contribution is 0.163. The van der Waals surface area contributed by atoms with Crippen molar-refractivity contribution >= 4 is 169 Å². The van der Waals surface area contributed by atoms with Crippen molar-refractivity contribution in [3.8, 4) is 0 Å². The molecule has 0 aliphatic carbocycles. The Bertz CT molecular complexity index is 2350. The fourth-order valence-electron chi connectivity index (χ4n) is 6.59. The summed E-state index contributed by atoms with van der Waals surface area (Å²) >= 11 is 59.1. The standard InChI is InChI=1S/5C12H18Cl2N2O.2ClH/c5*1-12(2,3)16-6-10(17)7-4-8(13)11(15)9(14)5-7;;/h5*4-5,10,16-17H,6,15H2,1-3H3;2*1H. The fraction of sp³-hybridized carbons (Fsp3) is 0.500. The van der Waals surface area contributed by atoms with Gasteiger partial charge in [-0.05, 0) is 192 Å². The van der Waals surface area contributed by atoms with Crippen LogP contribution in [-0.4, -0.2) is 86.0 Å². The van der Waals surface area contributed by atoms with Crippen LogP contribution in [0.3, 0.4) is 0 Å². The van der Waals surface area contributed by atoms with Crippen LogP contribution in [0.4, 0.5) is 28.4 Å². The predicted octanol–water partition coefficient (Wildman–Crippen LogP) is 15.8. The molecule has 5 rings (SSSR count). The molecular formula is C60H92Cl12N10O5. The smallest absolute Gasteiger partial charge is 0.0915 e. The highest BCUT2D eigenvalue weighted by atomic mass is 35.5. The first-order valence-corrected chi connectivity index (χ1v) is 30.7. The average molecular weight is 1460 g/mol. The van der Waals surface area contributed by atoms with Crippen molar-refractivity contribution in [1.82, 2.24) is 26.6 Å². The van der Waals surface area contributed by atoms with Crippen LogP contribution in [-0.2, 0) is 0 Å². The van der Waals surface area contributed by atoms with Crippen molar-refractivity contribution in [2.75, 3.05) is 61.4 Å². The van der Waals surface area contributed by atoms with E-state index in [1.165, 1.54) is 0 Å². The zero-order chi connectivity index (χ0) is 66.1. The maximum atomic E-state index is 10.0. The Labute approximate surface area is 578 Å². The van der Waals surface area contributed by atoms with Crippen LogP contribution in [0.1, 0.15) is 162 Å². The summed E-state index contributed by atoms with van der Waals surface area (Å²) in [5, 5.41) is 69.7. The van der Waals surface area contributed by atoms with Crippen LogP contribution in [0.2, 0.25) is 50.2 Å². The van der Waals surface area contributed by atoms with Gasteiger partial charge in [-0.1, -0.05) is 116 Å². The summed E-state index contributed by atoms with van der Waals surface area (Å²) in [5.41, 5.74) is 32.9. The molecule has 0 saturated carbocycles. The number of anilines is 5. The molecule has 0 amide bonds. The van der Waals surface area contributed by atoms with E-state index < -0.39 is 30.5 Å². The van der Waals surface area contributed by atoms with Gasteiger partial charge in [0.05, 0.1) is 109 Å². The Balaban J connectivity index is 0. The molecule has 0 aliphatic heterocycles. The molecule has 0 fully saturated rings. The van der Waals surface area contributed by atoms with Gasteiger partial charge < -0.3 is 80.8 Å². The minimum Gasteiger partial charge on any atom is -0.396 e. The summed E-state index contributed by atoms with van der Waals surface area (Å²) in [6, 6.07) is 16.4. The van der Waals surface area contributed by atoms with Gasteiger partial charge in [-0.2, -0.15) is 0 Å². The van der Waals surface area contributed by atoms with Gasteiger partial charge in [-0.3, -0.25) is 0 Å². The molecule has 5 atom stereocenters. The van der Waals surface area contributed by atoms with Crippen molar-refractivity contribution < 1.29 is 25.5 Å². The van der Waals surface area contributed by atoms with E-state index in [0.29, 0.717) is 139 Å². The Hall–Kier alpha value is -1.82. The third-order valence-corrected chi connectivity index (χ3v) is 14.7. The van der Waals surface area contributed by atoms with Crippen molar-refractivity contribution in [3.05, 3.63) is 139 Å². The van der Waals surface area contributed by atoms with E-state index in [4.69, 9.17) is 145 Å². The molecule has 87 heavy (non-hydrogen) atoms. The number of rotatable bonds is 15. The van der Waals surface area contributed by atoms with Crippen LogP contribution >= 0.6 is 141 Å². The molecule has 0 aliphatic rings. The van der Waals surface area contributed by atoms with E-state index in [9.17, 15) is 25.5 Å². The summed E-state index contributed by atoms with van der Waals surface area (Å²) in [6.07, 6.45) is -3.31. The lowest BCUT2D eigenvalue weighted by Gasteiger charge is -2.23. The van der Waals surface area contributed by atoms with Crippen molar-refractivity contribution in [1.29, 1.82) is 0 Å². The van der Waals surface area contributed by atoms with Gasteiger partial charge in [0.25, 0.3) is 0 Å². The summed E-state index contributed by atoms with van der Waals surface area (Å²) in [4.78, 5) is 0. The Morgan fingerprint density at radius 2 is 0.356 bits per heavy atom. The lowest BCUT2D eigenvalue weighted by Crippen LogP contribution is -2.38. The molecule has 0 radical (unpaired) electrons. The molecular weight excluding hydrogens is 1370 g/mol. The second kappa shape index (κ2) is 38.4. The number of nitrogens with one attached hydrogen (secondary N) is 5. The maximum absolute atomic E-state index is 10.0. The van der Waals surface area contributed by atoms with E-state index >= 15 is 0 Å². The van der Waals surface area contributed by atoms with E-state index in [1.54, 1.807) is 60.7 Å². The predicted molar refractivity (Wildman–Crippen MR) is 382 cm³/mol. The number of hydrogen-bond donors (Lipinski definition) is 15. The highest BCUT2D eigenvalue weighted by Gasteiger charge is 2.21. The molecule has 27 heteroatoms. The molecule has 0 saturated heterocycles. The third kappa shape index (κ3) is 34.6. The van der Waals surface area contributed by atoms with Gasteiger partial charge >= 0.3 is 0 Å².